The Balaban J connectivity index is 1.96. The van der Waals surface area contributed by atoms with E-state index in [1.807, 2.05) is 38.1 Å². The topological polar surface area (TPSA) is 38.3 Å². The number of benzene rings is 2. The summed E-state index contributed by atoms with van der Waals surface area (Å²) >= 11 is 0. The van der Waals surface area contributed by atoms with E-state index in [1.165, 1.54) is 6.07 Å². The van der Waals surface area contributed by atoms with Gasteiger partial charge < -0.3 is 10.1 Å². The molecule has 2 rings (SSSR count). The highest BCUT2D eigenvalue weighted by molar-refractivity contribution is 5.81. The minimum Gasteiger partial charge on any atom is -0.481 e. The summed E-state index contributed by atoms with van der Waals surface area (Å²) in [6.07, 6.45) is -0.0505. The van der Waals surface area contributed by atoms with Crippen molar-refractivity contribution in [3.8, 4) is 5.75 Å². The molecule has 1 unspecified atom stereocenters. The van der Waals surface area contributed by atoms with Crippen molar-refractivity contribution in [2.75, 3.05) is 0 Å². The zero-order valence-corrected chi connectivity index (χ0v) is 12.8. The lowest BCUT2D eigenvalue weighted by Gasteiger charge is -2.17. The molecule has 0 aliphatic rings. The standard InChI is InChI=1S/C18H20FNO2/c1-3-17(22-15-9-6-7-13(2)11-15)18(21)20-12-14-8-4-5-10-16(14)19/h4-11,17H,3,12H2,1-2H3,(H,20,21). The van der Waals surface area contributed by atoms with Gasteiger partial charge in [0.25, 0.3) is 5.91 Å². The van der Waals surface area contributed by atoms with Crippen LogP contribution in [0, 0.1) is 12.7 Å². The van der Waals surface area contributed by atoms with Crippen LogP contribution in [0.15, 0.2) is 48.5 Å². The van der Waals surface area contributed by atoms with Gasteiger partial charge in [0.15, 0.2) is 6.10 Å². The summed E-state index contributed by atoms with van der Waals surface area (Å²) in [5.41, 5.74) is 1.53. The van der Waals surface area contributed by atoms with Crippen molar-refractivity contribution in [1.29, 1.82) is 0 Å². The molecule has 0 saturated heterocycles. The second-order valence-electron chi connectivity index (χ2n) is 5.14. The molecular formula is C18H20FNO2. The number of carbonyl (C=O) groups excluding carboxylic acids is 1. The van der Waals surface area contributed by atoms with Gasteiger partial charge in [-0.15, -0.1) is 0 Å². The average Bonchev–Trinajstić information content (AvgIpc) is 2.51. The van der Waals surface area contributed by atoms with Crippen molar-refractivity contribution in [2.24, 2.45) is 0 Å². The lowest BCUT2D eigenvalue weighted by Crippen LogP contribution is -2.37. The van der Waals surface area contributed by atoms with Gasteiger partial charge in [-0.3, -0.25) is 4.79 Å². The van der Waals surface area contributed by atoms with Crippen LogP contribution in [0.25, 0.3) is 0 Å². The maximum absolute atomic E-state index is 13.5. The van der Waals surface area contributed by atoms with Crippen LogP contribution >= 0.6 is 0 Å². The molecule has 0 aromatic heterocycles. The second kappa shape index (κ2) is 7.59. The molecule has 0 aliphatic carbocycles. The molecule has 116 valence electrons. The molecule has 0 saturated carbocycles. The predicted octanol–water partition coefficient (Wildman–Crippen LogP) is 3.61. The summed E-state index contributed by atoms with van der Waals surface area (Å²) in [7, 11) is 0. The highest BCUT2D eigenvalue weighted by atomic mass is 19.1. The SMILES string of the molecule is CCC(Oc1cccc(C)c1)C(=O)NCc1ccccc1F. The van der Waals surface area contributed by atoms with Gasteiger partial charge in [0.2, 0.25) is 0 Å². The van der Waals surface area contributed by atoms with Crippen molar-refractivity contribution >= 4 is 5.91 Å². The van der Waals surface area contributed by atoms with E-state index < -0.39 is 6.10 Å². The molecule has 0 radical (unpaired) electrons. The van der Waals surface area contributed by atoms with Gasteiger partial charge in [0.05, 0.1) is 0 Å². The number of carbonyl (C=O) groups is 1. The lowest BCUT2D eigenvalue weighted by molar-refractivity contribution is -0.128. The molecule has 0 heterocycles. The highest BCUT2D eigenvalue weighted by Gasteiger charge is 2.18. The van der Waals surface area contributed by atoms with Gasteiger partial charge in [-0.2, -0.15) is 0 Å². The van der Waals surface area contributed by atoms with E-state index in [0.717, 1.165) is 5.56 Å². The van der Waals surface area contributed by atoms with Crippen molar-refractivity contribution in [3.63, 3.8) is 0 Å². The summed E-state index contributed by atoms with van der Waals surface area (Å²) in [5, 5.41) is 2.72. The maximum atomic E-state index is 13.5. The van der Waals surface area contributed by atoms with Gasteiger partial charge in [-0.25, -0.2) is 4.39 Å². The first-order valence-corrected chi connectivity index (χ1v) is 7.34. The Morgan fingerprint density at radius 1 is 1.23 bits per heavy atom. The van der Waals surface area contributed by atoms with Crippen LogP contribution in [0.2, 0.25) is 0 Å². The number of nitrogens with one attached hydrogen (secondary N) is 1. The molecular weight excluding hydrogens is 281 g/mol. The summed E-state index contributed by atoms with van der Waals surface area (Å²) in [4.78, 5) is 12.2. The smallest absolute Gasteiger partial charge is 0.261 e. The fourth-order valence-corrected chi connectivity index (χ4v) is 2.11. The minimum absolute atomic E-state index is 0.152. The largest absolute Gasteiger partial charge is 0.481 e. The molecule has 22 heavy (non-hydrogen) atoms. The van der Waals surface area contributed by atoms with Crippen LogP contribution < -0.4 is 10.1 Å². The Labute approximate surface area is 130 Å². The Morgan fingerprint density at radius 3 is 2.68 bits per heavy atom. The zero-order valence-electron chi connectivity index (χ0n) is 12.8. The van der Waals surface area contributed by atoms with Gasteiger partial charge in [-0.1, -0.05) is 37.3 Å². The van der Waals surface area contributed by atoms with E-state index in [0.29, 0.717) is 17.7 Å². The summed E-state index contributed by atoms with van der Waals surface area (Å²) in [6, 6.07) is 13.9. The third-order valence-corrected chi connectivity index (χ3v) is 3.34. The molecule has 2 aromatic carbocycles. The van der Waals surface area contributed by atoms with E-state index in [-0.39, 0.29) is 18.3 Å². The maximum Gasteiger partial charge on any atom is 0.261 e. The van der Waals surface area contributed by atoms with Crippen molar-refractivity contribution in [1.82, 2.24) is 5.32 Å². The van der Waals surface area contributed by atoms with E-state index in [2.05, 4.69) is 5.32 Å². The highest BCUT2D eigenvalue weighted by Crippen LogP contribution is 2.15. The number of ether oxygens (including phenoxy) is 1. The molecule has 1 N–H and O–H groups in total. The average molecular weight is 301 g/mol. The first kappa shape index (κ1) is 16.0. The fourth-order valence-electron chi connectivity index (χ4n) is 2.11. The minimum atomic E-state index is -0.589. The van der Waals surface area contributed by atoms with E-state index in [9.17, 15) is 9.18 Å². The Hall–Kier alpha value is -2.36. The zero-order chi connectivity index (χ0) is 15.9. The number of rotatable bonds is 6. The molecule has 0 aliphatic heterocycles. The number of halogens is 1. The van der Waals surface area contributed by atoms with Gasteiger partial charge in [-0.05, 0) is 37.1 Å². The molecule has 3 nitrogen and oxygen atoms in total. The first-order chi connectivity index (χ1) is 10.6. The van der Waals surface area contributed by atoms with E-state index in [4.69, 9.17) is 4.74 Å². The Morgan fingerprint density at radius 2 is 2.00 bits per heavy atom. The van der Waals surface area contributed by atoms with E-state index in [1.54, 1.807) is 18.2 Å². The van der Waals surface area contributed by atoms with Gasteiger partial charge >= 0.3 is 0 Å². The predicted molar refractivity (Wildman–Crippen MR) is 84.1 cm³/mol. The monoisotopic (exact) mass is 301 g/mol. The van der Waals surface area contributed by atoms with Crippen molar-refractivity contribution in [3.05, 3.63) is 65.5 Å². The molecule has 0 spiro atoms. The third-order valence-electron chi connectivity index (χ3n) is 3.34. The Kier molecular flexibility index (Phi) is 5.53. The van der Waals surface area contributed by atoms with Crippen LogP contribution in [-0.4, -0.2) is 12.0 Å². The van der Waals surface area contributed by atoms with Crippen LogP contribution in [0.4, 0.5) is 4.39 Å². The summed E-state index contributed by atoms with van der Waals surface area (Å²) in [6.45, 7) is 3.99. The number of aryl methyl sites for hydroxylation is 1. The summed E-state index contributed by atoms with van der Waals surface area (Å²) in [5.74, 6) is 0.0931. The normalized spacial score (nSPS) is 11.8. The number of hydrogen-bond acceptors (Lipinski definition) is 2. The van der Waals surface area contributed by atoms with Gasteiger partial charge in [0.1, 0.15) is 11.6 Å². The molecule has 0 bridgehead atoms. The molecule has 1 atom stereocenters. The van der Waals surface area contributed by atoms with Gasteiger partial charge in [0, 0.05) is 12.1 Å². The van der Waals surface area contributed by atoms with Crippen LogP contribution in [0.3, 0.4) is 0 Å². The quantitative estimate of drug-likeness (QED) is 0.885. The van der Waals surface area contributed by atoms with Crippen molar-refractivity contribution < 1.29 is 13.9 Å². The first-order valence-electron chi connectivity index (χ1n) is 7.34. The molecule has 4 heteroatoms. The third kappa shape index (κ3) is 4.32. The van der Waals surface area contributed by atoms with Crippen LogP contribution in [0.1, 0.15) is 24.5 Å². The lowest BCUT2D eigenvalue weighted by atomic mass is 10.2. The second-order valence-corrected chi connectivity index (χ2v) is 5.14. The fraction of sp³-hybridized carbons (Fsp3) is 0.278. The molecule has 2 aromatic rings. The van der Waals surface area contributed by atoms with Crippen LogP contribution in [0.5, 0.6) is 5.75 Å². The molecule has 0 fully saturated rings. The number of hydrogen-bond donors (Lipinski definition) is 1. The van der Waals surface area contributed by atoms with Crippen LogP contribution in [-0.2, 0) is 11.3 Å². The molecule has 1 amide bonds. The van der Waals surface area contributed by atoms with E-state index >= 15 is 0 Å². The number of amides is 1. The Bertz CT molecular complexity index is 642. The summed E-state index contributed by atoms with van der Waals surface area (Å²) < 4.78 is 19.3. The van der Waals surface area contributed by atoms with Crippen molar-refractivity contribution in [2.45, 2.75) is 32.9 Å².